The van der Waals surface area contributed by atoms with Gasteiger partial charge < -0.3 is 0 Å². The molecule has 1 saturated heterocycles. The van der Waals surface area contributed by atoms with Gasteiger partial charge in [0.15, 0.2) is 0 Å². The molecular formula is C10H11ClN4O2. The molecule has 1 fully saturated rings. The minimum Gasteiger partial charge on any atom is -0.295 e. The smallest absolute Gasteiger partial charge is 0.295 e. The topological polar surface area (TPSA) is 71.3 Å². The molecule has 1 aromatic rings. The summed E-state index contributed by atoms with van der Waals surface area (Å²) >= 11 is 5.67. The van der Waals surface area contributed by atoms with Gasteiger partial charge in [0.2, 0.25) is 0 Å². The summed E-state index contributed by atoms with van der Waals surface area (Å²) in [7, 11) is 0. The van der Waals surface area contributed by atoms with Crippen LogP contribution >= 0.6 is 11.6 Å². The molecule has 2 rings (SSSR count). The molecule has 7 heteroatoms. The van der Waals surface area contributed by atoms with Gasteiger partial charge in [0, 0.05) is 18.4 Å². The lowest BCUT2D eigenvalue weighted by Crippen LogP contribution is -2.41. The van der Waals surface area contributed by atoms with Gasteiger partial charge in [0.1, 0.15) is 5.15 Å². The van der Waals surface area contributed by atoms with Gasteiger partial charge in [0.05, 0.1) is 11.5 Å². The molecule has 6 nitrogen and oxygen atoms in total. The predicted octanol–water partition coefficient (Wildman–Crippen LogP) is 1.21. The molecule has 1 aliphatic heterocycles. The zero-order chi connectivity index (χ0) is 12.4. The molecule has 1 atom stereocenters. The Morgan fingerprint density at radius 1 is 1.71 bits per heavy atom. The lowest BCUT2D eigenvalue weighted by Gasteiger charge is -2.20. The molecule has 1 unspecified atom stereocenters. The van der Waals surface area contributed by atoms with Gasteiger partial charge in [-0.25, -0.2) is 10.3 Å². The third kappa shape index (κ3) is 2.54. The van der Waals surface area contributed by atoms with E-state index >= 15 is 0 Å². The van der Waals surface area contributed by atoms with E-state index in [-0.39, 0.29) is 4.92 Å². The molecule has 0 aliphatic carbocycles. The Morgan fingerprint density at radius 2 is 2.47 bits per heavy atom. The molecule has 0 saturated carbocycles. The molecule has 1 aliphatic rings. The first-order chi connectivity index (χ1) is 8.08. The fraction of sp³-hybridized carbons (Fsp3) is 0.300. The van der Waals surface area contributed by atoms with Crippen molar-refractivity contribution in [2.75, 3.05) is 6.54 Å². The summed E-state index contributed by atoms with van der Waals surface area (Å²) in [5.74, 6) is 0. The van der Waals surface area contributed by atoms with Crippen molar-refractivity contribution in [2.24, 2.45) is 0 Å². The summed E-state index contributed by atoms with van der Waals surface area (Å²) in [5.41, 5.74) is 1.55. The first kappa shape index (κ1) is 11.8. The second kappa shape index (κ2) is 4.68. The third-order valence-corrected chi connectivity index (χ3v) is 2.75. The quantitative estimate of drug-likeness (QED) is 0.499. The monoisotopic (exact) mass is 254 g/mol. The van der Waals surface area contributed by atoms with Crippen molar-refractivity contribution in [2.45, 2.75) is 12.8 Å². The molecule has 1 N–H and O–H groups in total. The second-order valence-corrected chi connectivity index (χ2v) is 4.11. The van der Waals surface area contributed by atoms with Crippen molar-refractivity contribution in [3.8, 4) is 0 Å². The highest BCUT2D eigenvalue weighted by Crippen LogP contribution is 2.18. The Labute approximate surface area is 103 Å². The van der Waals surface area contributed by atoms with Gasteiger partial charge in [-0.15, -0.1) is 0 Å². The van der Waals surface area contributed by atoms with E-state index in [9.17, 15) is 10.1 Å². The van der Waals surface area contributed by atoms with Crippen molar-refractivity contribution in [1.29, 1.82) is 0 Å². The average molecular weight is 255 g/mol. The number of nitrogens with one attached hydrogen (secondary N) is 1. The van der Waals surface area contributed by atoms with Crippen LogP contribution in [0.25, 0.3) is 0 Å². The summed E-state index contributed by atoms with van der Waals surface area (Å²) in [4.78, 5) is 16.0. The van der Waals surface area contributed by atoms with Gasteiger partial charge in [-0.1, -0.05) is 24.2 Å². The van der Waals surface area contributed by atoms with E-state index in [0.717, 1.165) is 5.56 Å². The Bertz CT molecular complexity index is 448. The van der Waals surface area contributed by atoms with E-state index in [1.54, 1.807) is 23.2 Å². The highest BCUT2D eigenvalue weighted by atomic mass is 35.5. The lowest BCUT2D eigenvalue weighted by atomic mass is 10.2. The van der Waals surface area contributed by atoms with Crippen LogP contribution in [0.1, 0.15) is 5.56 Å². The molecule has 0 amide bonds. The van der Waals surface area contributed by atoms with Crippen LogP contribution in [0.4, 0.5) is 0 Å². The van der Waals surface area contributed by atoms with E-state index < -0.39 is 6.29 Å². The maximum atomic E-state index is 10.8. The summed E-state index contributed by atoms with van der Waals surface area (Å²) in [6.45, 7) is 4.61. The van der Waals surface area contributed by atoms with Gasteiger partial charge >= 0.3 is 6.29 Å². The first-order valence-electron chi connectivity index (χ1n) is 4.99. The van der Waals surface area contributed by atoms with E-state index in [0.29, 0.717) is 23.9 Å². The molecule has 2 heterocycles. The van der Waals surface area contributed by atoms with Crippen LogP contribution in [-0.2, 0) is 6.54 Å². The van der Waals surface area contributed by atoms with Gasteiger partial charge in [-0.2, -0.15) is 0 Å². The molecule has 17 heavy (non-hydrogen) atoms. The Hall–Kier alpha value is -1.66. The van der Waals surface area contributed by atoms with Crippen molar-refractivity contribution < 1.29 is 4.92 Å². The van der Waals surface area contributed by atoms with Crippen LogP contribution in [0.15, 0.2) is 30.6 Å². The van der Waals surface area contributed by atoms with Crippen molar-refractivity contribution >= 4 is 11.6 Å². The average Bonchev–Trinajstić information content (AvgIpc) is 2.64. The summed E-state index contributed by atoms with van der Waals surface area (Å²) in [6, 6.07) is 3.45. The predicted molar refractivity (Wildman–Crippen MR) is 62.7 cm³/mol. The van der Waals surface area contributed by atoms with E-state index in [4.69, 9.17) is 11.6 Å². The highest BCUT2D eigenvalue weighted by molar-refractivity contribution is 6.29. The van der Waals surface area contributed by atoms with Crippen molar-refractivity contribution in [3.63, 3.8) is 0 Å². The number of nitrogens with zero attached hydrogens (tertiary/aromatic N) is 3. The Morgan fingerprint density at radius 3 is 3.06 bits per heavy atom. The number of nitro groups is 1. The number of hydrogen-bond donors (Lipinski definition) is 1. The molecule has 90 valence electrons. The summed E-state index contributed by atoms with van der Waals surface area (Å²) < 4.78 is 0. The van der Waals surface area contributed by atoms with Crippen LogP contribution in [0, 0.1) is 10.1 Å². The Balaban J connectivity index is 2.13. The second-order valence-electron chi connectivity index (χ2n) is 3.72. The zero-order valence-electron chi connectivity index (χ0n) is 8.97. The maximum Gasteiger partial charge on any atom is 0.346 e. The zero-order valence-corrected chi connectivity index (χ0v) is 9.72. The molecule has 0 radical (unpaired) electrons. The molecule has 1 aromatic heterocycles. The number of rotatable bonds is 3. The molecule has 0 aromatic carbocycles. The molecular weight excluding hydrogens is 244 g/mol. The maximum absolute atomic E-state index is 10.8. The van der Waals surface area contributed by atoms with Gasteiger partial charge in [-0.3, -0.25) is 15.0 Å². The number of aromatic nitrogens is 1. The fourth-order valence-electron chi connectivity index (χ4n) is 1.68. The summed E-state index contributed by atoms with van der Waals surface area (Å²) in [6.07, 6.45) is 0.684. The van der Waals surface area contributed by atoms with Crippen LogP contribution in [-0.4, -0.2) is 27.6 Å². The van der Waals surface area contributed by atoms with E-state index in [2.05, 4.69) is 16.9 Å². The van der Waals surface area contributed by atoms with Crippen molar-refractivity contribution in [1.82, 2.24) is 15.2 Å². The number of pyridine rings is 1. The number of hydrogen-bond acceptors (Lipinski definition) is 5. The van der Waals surface area contributed by atoms with E-state index in [1.165, 1.54) is 0 Å². The van der Waals surface area contributed by atoms with E-state index in [1.807, 2.05) is 0 Å². The summed E-state index contributed by atoms with van der Waals surface area (Å²) in [5, 5.41) is 14.0. The Kier molecular flexibility index (Phi) is 3.26. The SMILES string of the molecule is C=C1CNC([N+](=O)[O-])N1Cc1ccc(Cl)nc1. The molecule has 0 bridgehead atoms. The van der Waals surface area contributed by atoms with Crippen LogP contribution < -0.4 is 5.32 Å². The normalized spacial score (nSPS) is 19.7. The lowest BCUT2D eigenvalue weighted by molar-refractivity contribution is -0.550. The van der Waals surface area contributed by atoms with Crippen LogP contribution in [0.5, 0.6) is 0 Å². The van der Waals surface area contributed by atoms with Crippen molar-refractivity contribution in [3.05, 3.63) is 51.4 Å². The minimum atomic E-state index is -0.918. The third-order valence-electron chi connectivity index (χ3n) is 2.53. The van der Waals surface area contributed by atoms with Gasteiger partial charge in [-0.05, 0) is 11.6 Å². The minimum absolute atomic E-state index is 0.373. The highest BCUT2D eigenvalue weighted by Gasteiger charge is 2.34. The standard InChI is InChI=1S/C10H11ClN4O2/c1-7-4-13-10(15(16)17)14(7)6-8-2-3-9(11)12-5-8/h2-3,5,10,13H,1,4,6H2. The first-order valence-corrected chi connectivity index (χ1v) is 5.37. The largest absolute Gasteiger partial charge is 0.346 e. The molecule has 0 spiro atoms. The fourth-order valence-corrected chi connectivity index (χ4v) is 1.79. The number of halogens is 1. The van der Waals surface area contributed by atoms with Crippen LogP contribution in [0.2, 0.25) is 5.15 Å². The van der Waals surface area contributed by atoms with Gasteiger partial charge in [0.25, 0.3) is 0 Å². The van der Waals surface area contributed by atoms with Crippen LogP contribution in [0.3, 0.4) is 0 Å².